The minimum absolute atomic E-state index is 0.0513. The van der Waals surface area contributed by atoms with E-state index in [1.807, 2.05) is 31.2 Å². The standard InChI is InChI=1S/C13H12O3/c1-8-4-2-3-5-9(8)10-6-12(15)13(16)7-11(10)14/h2-7,14-16H,1H3. The third kappa shape index (κ3) is 1.67. The number of phenolic OH excluding ortho intramolecular Hbond substituents is 3. The molecule has 0 spiro atoms. The van der Waals surface area contributed by atoms with Crippen LogP contribution in [0, 0.1) is 6.92 Å². The molecule has 0 aliphatic heterocycles. The highest BCUT2D eigenvalue weighted by molar-refractivity contribution is 5.75. The molecule has 3 N–H and O–H groups in total. The van der Waals surface area contributed by atoms with Crippen molar-refractivity contribution < 1.29 is 15.3 Å². The lowest BCUT2D eigenvalue weighted by molar-refractivity contribution is 0.397. The molecule has 2 aromatic carbocycles. The summed E-state index contributed by atoms with van der Waals surface area (Å²) < 4.78 is 0. The summed E-state index contributed by atoms with van der Waals surface area (Å²) in [6.07, 6.45) is 0. The SMILES string of the molecule is Cc1ccccc1-c1cc(O)c(O)cc1O. The maximum atomic E-state index is 9.72. The highest BCUT2D eigenvalue weighted by Crippen LogP contribution is 2.39. The van der Waals surface area contributed by atoms with Crippen LogP contribution in [-0.4, -0.2) is 15.3 Å². The number of rotatable bonds is 1. The second kappa shape index (κ2) is 3.77. The minimum atomic E-state index is -0.324. The Labute approximate surface area is 93.2 Å². The van der Waals surface area contributed by atoms with E-state index in [0.29, 0.717) is 5.56 Å². The lowest BCUT2D eigenvalue weighted by Crippen LogP contribution is -1.83. The molecule has 0 bridgehead atoms. The van der Waals surface area contributed by atoms with Gasteiger partial charge in [-0.3, -0.25) is 0 Å². The number of aryl methyl sites for hydroxylation is 1. The Morgan fingerprint density at radius 1 is 0.750 bits per heavy atom. The average molecular weight is 216 g/mol. The first-order valence-corrected chi connectivity index (χ1v) is 4.90. The van der Waals surface area contributed by atoms with Crippen molar-refractivity contribution in [3.8, 4) is 28.4 Å². The van der Waals surface area contributed by atoms with E-state index in [1.54, 1.807) is 0 Å². The van der Waals surface area contributed by atoms with Gasteiger partial charge in [0.15, 0.2) is 11.5 Å². The van der Waals surface area contributed by atoms with E-state index in [-0.39, 0.29) is 17.2 Å². The quantitative estimate of drug-likeness (QED) is 0.507. The van der Waals surface area contributed by atoms with Crippen molar-refractivity contribution in [2.75, 3.05) is 0 Å². The topological polar surface area (TPSA) is 60.7 Å². The van der Waals surface area contributed by atoms with Crippen molar-refractivity contribution in [1.82, 2.24) is 0 Å². The zero-order chi connectivity index (χ0) is 11.7. The second-order valence-corrected chi connectivity index (χ2v) is 3.67. The Balaban J connectivity index is 2.65. The Morgan fingerprint density at radius 2 is 1.38 bits per heavy atom. The van der Waals surface area contributed by atoms with Crippen LogP contribution in [0.25, 0.3) is 11.1 Å². The summed E-state index contributed by atoms with van der Waals surface area (Å²) in [6, 6.07) is 10.0. The van der Waals surface area contributed by atoms with Gasteiger partial charge in [-0.2, -0.15) is 0 Å². The molecular formula is C13H12O3. The summed E-state index contributed by atoms with van der Waals surface area (Å²) in [4.78, 5) is 0. The Hall–Kier alpha value is -2.16. The van der Waals surface area contributed by atoms with E-state index in [4.69, 9.17) is 0 Å². The van der Waals surface area contributed by atoms with Gasteiger partial charge in [0.25, 0.3) is 0 Å². The molecule has 0 aliphatic carbocycles. The molecule has 0 fully saturated rings. The van der Waals surface area contributed by atoms with Gasteiger partial charge < -0.3 is 15.3 Å². The van der Waals surface area contributed by atoms with Crippen LogP contribution in [0.1, 0.15) is 5.56 Å². The molecule has 0 radical (unpaired) electrons. The molecule has 3 nitrogen and oxygen atoms in total. The predicted molar refractivity (Wildman–Crippen MR) is 61.6 cm³/mol. The van der Waals surface area contributed by atoms with Crippen LogP contribution in [0.3, 0.4) is 0 Å². The van der Waals surface area contributed by atoms with Crippen molar-refractivity contribution in [1.29, 1.82) is 0 Å². The summed E-state index contributed by atoms with van der Waals surface area (Å²) in [5, 5.41) is 28.4. The first kappa shape index (κ1) is 10.4. The van der Waals surface area contributed by atoms with Gasteiger partial charge >= 0.3 is 0 Å². The van der Waals surface area contributed by atoms with Crippen molar-refractivity contribution in [2.24, 2.45) is 0 Å². The maximum absolute atomic E-state index is 9.72. The highest BCUT2D eigenvalue weighted by Gasteiger charge is 2.10. The molecule has 2 aromatic rings. The molecule has 3 heteroatoms. The molecular weight excluding hydrogens is 204 g/mol. The van der Waals surface area contributed by atoms with Gasteiger partial charge in [0, 0.05) is 11.6 Å². The lowest BCUT2D eigenvalue weighted by atomic mass is 9.99. The first-order chi connectivity index (χ1) is 7.59. The van der Waals surface area contributed by atoms with E-state index in [1.165, 1.54) is 6.07 Å². The lowest BCUT2D eigenvalue weighted by Gasteiger charge is -2.09. The van der Waals surface area contributed by atoms with E-state index in [2.05, 4.69) is 0 Å². The first-order valence-electron chi connectivity index (χ1n) is 4.90. The van der Waals surface area contributed by atoms with Gasteiger partial charge in [-0.1, -0.05) is 24.3 Å². The van der Waals surface area contributed by atoms with Gasteiger partial charge in [-0.15, -0.1) is 0 Å². The van der Waals surface area contributed by atoms with E-state index < -0.39 is 0 Å². The Kier molecular flexibility index (Phi) is 2.44. The van der Waals surface area contributed by atoms with E-state index in [9.17, 15) is 15.3 Å². The van der Waals surface area contributed by atoms with Crippen LogP contribution in [0.15, 0.2) is 36.4 Å². The minimum Gasteiger partial charge on any atom is -0.507 e. The van der Waals surface area contributed by atoms with E-state index >= 15 is 0 Å². The molecule has 0 unspecified atom stereocenters. The molecule has 0 saturated carbocycles. The van der Waals surface area contributed by atoms with Crippen LogP contribution in [-0.2, 0) is 0 Å². The van der Waals surface area contributed by atoms with Gasteiger partial charge in [-0.25, -0.2) is 0 Å². The van der Waals surface area contributed by atoms with Crippen molar-refractivity contribution in [3.05, 3.63) is 42.0 Å². The average Bonchev–Trinajstić information content (AvgIpc) is 2.25. The highest BCUT2D eigenvalue weighted by atomic mass is 16.3. The number of phenols is 3. The van der Waals surface area contributed by atoms with Gasteiger partial charge in [0.1, 0.15) is 5.75 Å². The molecule has 0 saturated heterocycles. The van der Waals surface area contributed by atoms with Crippen molar-refractivity contribution in [2.45, 2.75) is 6.92 Å². The maximum Gasteiger partial charge on any atom is 0.161 e. The number of aromatic hydroxyl groups is 3. The van der Waals surface area contributed by atoms with Crippen LogP contribution in [0.5, 0.6) is 17.2 Å². The third-order valence-corrected chi connectivity index (χ3v) is 2.53. The monoisotopic (exact) mass is 216 g/mol. The van der Waals surface area contributed by atoms with Crippen molar-refractivity contribution in [3.63, 3.8) is 0 Å². The summed E-state index contributed by atoms with van der Waals surface area (Å²) >= 11 is 0. The van der Waals surface area contributed by atoms with Crippen LogP contribution >= 0.6 is 0 Å². The summed E-state index contributed by atoms with van der Waals surface area (Å²) in [5.41, 5.74) is 2.33. The molecule has 0 heterocycles. The van der Waals surface area contributed by atoms with Gasteiger partial charge in [-0.05, 0) is 24.1 Å². The zero-order valence-corrected chi connectivity index (χ0v) is 8.81. The largest absolute Gasteiger partial charge is 0.507 e. The van der Waals surface area contributed by atoms with Gasteiger partial charge in [0.2, 0.25) is 0 Å². The summed E-state index contributed by atoms with van der Waals surface area (Å²) in [5.74, 6) is -0.615. The van der Waals surface area contributed by atoms with Crippen LogP contribution in [0.4, 0.5) is 0 Å². The number of benzene rings is 2. The number of hydrogen-bond acceptors (Lipinski definition) is 3. The molecule has 0 aliphatic rings. The smallest absolute Gasteiger partial charge is 0.161 e. The second-order valence-electron chi connectivity index (χ2n) is 3.67. The molecule has 16 heavy (non-hydrogen) atoms. The molecule has 0 aromatic heterocycles. The van der Waals surface area contributed by atoms with Crippen molar-refractivity contribution >= 4 is 0 Å². The summed E-state index contributed by atoms with van der Waals surface area (Å²) in [7, 11) is 0. The third-order valence-electron chi connectivity index (χ3n) is 2.53. The normalized spacial score (nSPS) is 10.3. The van der Waals surface area contributed by atoms with Crippen LogP contribution in [0.2, 0.25) is 0 Å². The molecule has 0 amide bonds. The predicted octanol–water partition coefficient (Wildman–Crippen LogP) is 2.78. The van der Waals surface area contributed by atoms with Crippen LogP contribution < -0.4 is 0 Å². The molecule has 2 rings (SSSR count). The van der Waals surface area contributed by atoms with Gasteiger partial charge in [0.05, 0.1) is 0 Å². The fourth-order valence-electron chi connectivity index (χ4n) is 1.66. The Bertz CT molecular complexity index is 533. The molecule has 82 valence electrons. The van der Waals surface area contributed by atoms with E-state index in [0.717, 1.165) is 17.2 Å². The number of hydrogen-bond donors (Lipinski definition) is 3. The zero-order valence-electron chi connectivity index (χ0n) is 8.81. The fourth-order valence-corrected chi connectivity index (χ4v) is 1.66. The summed E-state index contributed by atoms with van der Waals surface area (Å²) in [6.45, 7) is 1.92. The Morgan fingerprint density at radius 3 is 2.06 bits per heavy atom. The fraction of sp³-hybridized carbons (Fsp3) is 0.0769. The molecule has 0 atom stereocenters.